The highest BCUT2D eigenvalue weighted by Crippen LogP contribution is 2.20. The van der Waals surface area contributed by atoms with Crippen molar-refractivity contribution in [3.05, 3.63) is 59.3 Å². The molecule has 3 N–H and O–H groups in total. The number of hydrogen-bond donors (Lipinski definition) is 3. The van der Waals surface area contributed by atoms with Crippen LogP contribution in [0.2, 0.25) is 0 Å². The highest BCUT2D eigenvalue weighted by atomic mass is 16.3. The second-order valence-electron chi connectivity index (χ2n) is 8.33. The van der Waals surface area contributed by atoms with Gasteiger partial charge in [-0.3, -0.25) is 9.69 Å². The van der Waals surface area contributed by atoms with Crippen LogP contribution in [0.3, 0.4) is 0 Å². The number of carbonyl (C=O) groups is 1. The van der Waals surface area contributed by atoms with Gasteiger partial charge in [0, 0.05) is 18.8 Å². The van der Waals surface area contributed by atoms with Gasteiger partial charge in [-0.1, -0.05) is 42.8 Å². The Balaban J connectivity index is 0.000000211. The lowest BCUT2D eigenvalue weighted by Gasteiger charge is -2.17. The van der Waals surface area contributed by atoms with Crippen LogP contribution in [-0.4, -0.2) is 54.7 Å². The summed E-state index contributed by atoms with van der Waals surface area (Å²) in [6.07, 6.45) is 10.1. The minimum absolute atomic E-state index is 0.250. The summed E-state index contributed by atoms with van der Waals surface area (Å²) in [5.41, 5.74) is 4.07. The fraction of sp³-hybridized carbons (Fsp3) is 0.538. The van der Waals surface area contributed by atoms with E-state index in [4.69, 9.17) is 14.9 Å². The van der Waals surface area contributed by atoms with Crippen molar-refractivity contribution in [3.63, 3.8) is 0 Å². The van der Waals surface area contributed by atoms with E-state index in [1.807, 2.05) is 7.05 Å². The number of unbranched alkanes of at least 4 members (excludes halogenated alkanes) is 2. The number of rotatable bonds is 8. The zero-order valence-electron chi connectivity index (χ0n) is 19.6. The normalized spacial score (nSPS) is 14.8. The first-order chi connectivity index (χ1) is 15.8. The molecule has 2 aromatic rings. The number of anilines is 1. The second kappa shape index (κ2) is 16.2. The summed E-state index contributed by atoms with van der Waals surface area (Å²) in [5.74, 6) is 1.13. The number of nitrogens with one attached hydrogen (secondary N) is 2. The number of nitrogens with zero attached hydrogens (tertiary/aromatic N) is 2. The van der Waals surface area contributed by atoms with Gasteiger partial charge < -0.3 is 15.7 Å². The van der Waals surface area contributed by atoms with Gasteiger partial charge in [0.2, 0.25) is 0 Å². The Morgan fingerprint density at radius 1 is 1.06 bits per heavy atom. The van der Waals surface area contributed by atoms with E-state index in [2.05, 4.69) is 58.0 Å². The lowest BCUT2D eigenvalue weighted by atomic mass is 10.1. The molecule has 0 amide bonds. The number of hydrogen-bond acceptors (Lipinski definition) is 5. The summed E-state index contributed by atoms with van der Waals surface area (Å²) >= 11 is 0. The van der Waals surface area contributed by atoms with Crippen LogP contribution in [0.25, 0.3) is 0 Å². The Labute approximate surface area is 193 Å². The van der Waals surface area contributed by atoms with Gasteiger partial charge in [-0.25, -0.2) is 4.98 Å². The fourth-order valence-electron chi connectivity index (χ4n) is 4.08. The van der Waals surface area contributed by atoms with Gasteiger partial charge in [-0.05, 0) is 88.8 Å². The molecule has 3 heterocycles. The maximum absolute atomic E-state index is 8.36. The van der Waals surface area contributed by atoms with Crippen LogP contribution in [-0.2, 0) is 24.2 Å². The standard InChI is InChI=1S/C14H23N3.C11H15N.CH2O2/c1-15-10-4-2-3-7-13-9-8-12-6-5-11-16-14(12)17-13;1-2-6-11(7-3-1)10-12-8-4-5-9-12;2-1-3/h8-9,15H,2-7,10-11H2,1H3,(H,16,17);1-3,6-7H,4-5,8-10H2;1H,(H,2,3). The predicted molar refractivity (Wildman–Crippen MR) is 132 cm³/mol. The van der Waals surface area contributed by atoms with Crippen molar-refractivity contribution in [2.24, 2.45) is 0 Å². The summed E-state index contributed by atoms with van der Waals surface area (Å²) in [7, 11) is 2.01. The molecule has 1 saturated heterocycles. The van der Waals surface area contributed by atoms with Crippen LogP contribution < -0.4 is 10.6 Å². The van der Waals surface area contributed by atoms with Crippen molar-refractivity contribution in [3.8, 4) is 0 Å². The summed E-state index contributed by atoms with van der Waals surface area (Å²) in [4.78, 5) is 15.6. The number of pyridine rings is 1. The Bertz CT molecular complexity index is 749. The molecule has 32 heavy (non-hydrogen) atoms. The molecule has 0 spiro atoms. The molecule has 0 bridgehead atoms. The number of benzene rings is 1. The molecule has 0 unspecified atom stereocenters. The van der Waals surface area contributed by atoms with Crippen molar-refractivity contribution < 1.29 is 9.90 Å². The first-order valence-electron chi connectivity index (χ1n) is 12.0. The third-order valence-electron chi connectivity index (χ3n) is 5.76. The van der Waals surface area contributed by atoms with Crippen LogP contribution in [0, 0.1) is 0 Å². The third kappa shape index (κ3) is 10.2. The maximum atomic E-state index is 8.36. The number of aryl methyl sites for hydroxylation is 2. The summed E-state index contributed by atoms with van der Waals surface area (Å²) in [6, 6.07) is 15.2. The molecular formula is C26H40N4O2. The zero-order valence-corrected chi connectivity index (χ0v) is 19.6. The van der Waals surface area contributed by atoms with Crippen molar-refractivity contribution in [1.82, 2.24) is 15.2 Å². The minimum atomic E-state index is -0.250. The van der Waals surface area contributed by atoms with Crippen LogP contribution in [0.1, 0.15) is 55.3 Å². The van der Waals surface area contributed by atoms with Gasteiger partial charge in [0.25, 0.3) is 6.47 Å². The first-order valence-corrected chi connectivity index (χ1v) is 12.0. The average Bonchev–Trinajstić information content (AvgIpc) is 3.34. The predicted octanol–water partition coefficient (Wildman–Crippen LogP) is 4.36. The smallest absolute Gasteiger partial charge is 0.290 e. The summed E-state index contributed by atoms with van der Waals surface area (Å²) in [6.45, 7) is 5.66. The molecule has 6 heteroatoms. The molecule has 0 radical (unpaired) electrons. The molecule has 6 nitrogen and oxygen atoms in total. The Morgan fingerprint density at radius 2 is 1.81 bits per heavy atom. The van der Waals surface area contributed by atoms with E-state index < -0.39 is 0 Å². The number of aromatic nitrogens is 1. The van der Waals surface area contributed by atoms with Gasteiger partial charge in [-0.2, -0.15) is 0 Å². The minimum Gasteiger partial charge on any atom is -0.483 e. The van der Waals surface area contributed by atoms with E-state index >= 15 is 0 Å². The molecule has 0 saturated carbocycles. The molecule has 1 aromatic heterocycles. The topological polar surface area (TPSA) is 77.5 Å². The van der Waals surface area contributed by atoms with Crippen LogP contribution >= 0.6 is 0 Å². The van der Waals surface area contributed by atoms with E-state index in [0.29, 0.717) is 0 Å². The largest absolute Gasteiger partial charge is 0.483 e. The molecule has 176 valence electrons. The van der Waals surface area contributed by atoms with Gasteiger partial charge in [0.05, 0.1) is 0 Å². The fourth-order valence-corrected chi connectivity index (χ4v) is 4.08. The van der Waals surface area contributed by atoms with Gasteiger partial charge in [0.1, 0.15) is 5.82 Å². The van der Waals surface area contributed by atoms with Crippen molar-refractivity contribution in [2.45, 2.75) is 57.9 Å². The highest BCUT2D eigenvalue weighted by molar-refractivity contribution is 5.47. The second-order valence-corrected chi connectivity index (χ2v) is 8.33. The average molecular weight is 441 g/mol. The van der Waals surface area contributed by atoms with Crippen molar-refractivity contribution in [2.75, 3.05) is 38.5 Å². The molecule has 0 aliphatic carbocycles. The SMILES string of the molecule is CNCCCCCc1ccc2c(n1)NCCC2.O=CO.c1ccc(CN2CCCC2)cc1. The van der Waals surface area contributed by atoms with Crippen LogP contribution in [0.15, 0.2) is 42.5 Å². The Morgan fingerprint density at radius 3 is 2.53 bits per heavy atom. The Hall–Kier alpha value is -2.44. The molecule has 2 aliphatic heterocycles. The van der Waals surface area contributed by atoms with Gasteiger partial charge in [-0.15, -0.1) is 0 Å². The van der Waals surface area contributed by atoms with E-state index in [9.17, 15) is 0 Å². The van der Waals surface area contributed by atoms with E-state index in [1.54, 1.807) is 0 Å². The van der Waals surface area contributed by atoms with Crippen molar-refractivity contribution >= 4 is 12.3 Å². The van der Waals surface area contributed by atoms with Gasteiger partial charge >= 0.3 is 0 Å². The van der Waals surface area contributed by atoms with E-state index in [0.717, 1.165) is 31.9 Å². The summed E-state index contributed by atoms with van der Waals surface area (Å²) < 4.78 is 0. The van der Waals surface area contributed by atoms with Crippen molar-refractivity contribution in [1.29, 1.82) is 0 Å². The molecule has 1 fully saturated rings. The highest BCUT2D eigenvalue weighted by Gasteiger charge is 2.11. The van der Waals surface area contributed by atoms with Gasteiger partial charge in [0.15, 0.2) is 0 Å². The Kier molecular flexibility index (Phi) is 13.1. The number of likely N-dealkylation sites (tertiary alicyclic amines) is 1. The van der Waals surface area contributed by atoms with Crippen LogP contribution in [0.4, 0.5) is 5.82 Å². The molecule has 0 atom stereocenters. The zero-order chi connectivity index (χ0) is 22.9. The maximum Gasteiger partial charge on any atom is 0.290 e. The lowest BCUT2D eigenvalue weighted by Crippen LogP contribution is -2.18. The number of fused-ring (bicyclic) bond motifs is 1. The molecule has 2 aliphatic rings. The van der Waals surface area contributed by atoms with Crippen LogP contribution in [0.5, 0.6) is 0 Å². The first kappa shape index (κ1) is 25.8. The van der Waals surface area contributed by atoms with E-state index in [1.165, 1.54) is 74.9 Å². The molecule has 1 aromatic carbocycles. The quantitative estimate of drug-likeness (QED) is 0.418. The summed E-state index contributed by atoms with van der Waals surface area (Å²) in [5, 5.41) is 13.5. The lowest BCUT2D eigenvalue weighted by molar-refractivity contribution is -0.122. The van der Waals surface area contributed by atoms with E-state index in [-0.39, 0.29) is 6.47 Å². The molecular weight excluding hydrogens is 400 g/mol. The third-order valence-corrected chi connectivity index (χ3v) is 5.76. The number of carboxylic acid groups (broad SMARTS) is 1. The monoisotopic (exact) mass is 440 g/mol. The molecule has 4 rings (SSSR count).